The quantitative estimate of drug-likeness (QED) is 0.177. The van der Waals surface area contributed by atoms with Gasteiger partial charge in [-0.3, -0.25) is 14.0 Å². The number of ether oxygens (including phenoxy) is 1. The monoisotopic (exact) mass is 630 g/mol. The minimum atomic E-state index is 0.709. The Morgan fingerprint density at radius 1 is 0.490 bits per heavy atom. The first-order valence-corrected chi connectivity index (χ1v) is 16.1. The summed E-state index contributed by atoms with van der Waals surface area (Å²) < 4.78 is 10.9. The second-order valence-electron chi connectivity index (χ2n) is 12.0. The van der Waals surface area contributed by atoms with Gasteiger partial charge in [0.05, 0.1) is 22.7 Å². The maximum atomic E-state index is 6.60. The summed E-state index contributed by atoms with van der Waals surface area (Å²) in [5, 5.41) is 15.0. The van der Waals surface area contributed by atoms with Gasteiger partial charge in [0.25, 0.3) is 0 Å². The topological polar surface area (TPSA) is 70.1 Å². The summed E-state index contributed by atoms with van der Waals surface area (Å²) in [4.78, 5) is 9.06. The van der Waals surface area contributed by atoms with Crippen LogP contribution in [0.15, 0.2) is 158 Å². The van der Waals surface area contributed by atoms with Crippen molar-refractivity contribution in [2.24, 2.45) is 0 Å². The Hall–Kier alpha value is -6.86. The fraction of sp³-hybridized carbons (Fsp3) is 0. The van der Waals surface area contributed by atoms with Crippen LogP contribution in [0.5, 0.6) is 11.5 Å². The Morgan fingerprint density at radius 3 is 2.10 bits per heavy atom. The molecule has 0 spiro atoms. The van der Waals surface area contributed by atoms with Gasteiger partial charge < -0.3 is 4.74 Å². The molecule has 0 unspecified atom stereocenters. The molecule has 5 aromatic carbocycles. The van der Waals surface area contributed by atoms with Crippen molar-refractivity contribution in [1.82, 2.24) is 29.1 Å². The second kappa shape index (κ2) is 10.9. The molecule has 0 amide bonds. The molecule has 7 heteroatoms. The number of rotatable bonds is 5. The summed E-state index contributed by atoms with van der Waals surface area (Å²) >= 11 is 0. The fourth-order valence-electron chi connectivity index (χ4n) is 7.09. The Balaban J connectivity index is 1.14. The van der Waals surface area contributed by atoms with E-state index in [9.17, 15) is 0 Å². The average Bonchev–Trinajstić information content (AvgIpc) is 3.76. The number of fused-ring (bicyclic) bond motifs is 9. The normalized spacial score (nSPS) is 11.7. The molecule has 0 aliphatic carbocycles. The lowest BCUT2D eigenvalue weighted by atomic mass is 9.99. The SMILES string of the molecule is c1ccc(-c2ccccc2-c2nnc3c4cc(Oc5ccc6c7ccncc7n(-c7ccccn7)c6c5)ccc4c4ccccc4n23)cc1. The molecule has 230 valence electrons. The Morgan fingerprint density at radius 2 is 1.22 bits per heavy atom. The molecule has 10 aromatic rings. The average molecular weight is 631 g/mol. The maximum Gasteiger partial charge on any atom is 0.169 e. The van der Waals surface area contributed by atoms with Gasteiger partial charge in [-0.2, -0.15) is 0 Å². The van der Waals surface area contributed by atoms with Gasteiger partial charge >= 0.3 is 0 Å². The van der Waals surface area contributed by atoms with Gasteiger partial charge in [0.1, 0.15) is 17.3 Å². The van der Waals surface area contributed by atoms with Crippen LogP contribution in [-0.2, 0) is 0 Å². The van der Waals surface area contributed by atoms with Crippen molar-refractivity contribution >= 4 is 49.1 Å². The van der Waals surface area contributed by atoms with Crippen LogP contribution in [0, 0.1) is 0 Å². The van der Waals surface area contributed by atoms with E-state index in [1.807, 2.05) is 54.9 Å². The van der Waals surface area contributed by atoms with Gasteiger partial charge in [-0.15, -0.1) is 10.2 Å². The van der Waals surface area contributed by atoms with Crippen molar-refractivity contribution < 1.29 is 4.74 Å². The van der Waals surface area contributed by atoms with Crippen LogP contribution in [0.1, 0.15) is 0 Å². The number of nitrogens with zero attached hydrogens (tertiary/aromatic N) is 6. The molecule has 0 saturated heterocycles. The number of hydrogen-bond donors (Lipinski definition) is 0. The zero-order chi connectivity index (χ0) is 32.3. The molecule has 0 atom stereocenters. The predicted octanol–water partition coefficient (Wildman–Crippen LogP) is 10.0. The third-order valence-electron chi connectivity index (χ3n) is 9.24. The molecule has 0 bridgehead atoms. The van der Waals surface area contributed by atoms with Gasteiger partial charge in [0.15, 0.2) is 11.5 Å². The van der Waals surface area contributed by atoms with E-state index in [4.69, 9.17) is 14.9 Å². The molecule has 0 radical (unpaired) electrons. The van der Waals surface area contributed by atoms with Gasteiger partial charge in [-0.05, 0) is 71.1 Å². The number of benzene rings is 5. The van der Waals surface area contributed by atoms with Crippen LogP contribution < -0.4 is 4.74 Å². The standard InChI is InChI=1S/C42H26N6O/c1-2-10-27(11-3-1)30-12-4-5-14-35(30)41-45-46-42-36-24-28(17-19-31(36)32-13-6-7-15-37(32)48(41)42)49-29-18-20-33-34-21-23-43-26-39(34)47(38(33)25-29)40-16-8-9-22-44-40/h1-26H. The van der Waals surface area contributed by atoms with Gasteiger partial charge in [-0.25, -0.2) is 4.98 Å². The first-order valence-electron chi connectivity index (χ1n) is 16.1. The smallest absolute Gasteiger partial charge is 0.169 e. The Labute approximate surface area is 280 Å². The second-order valence-corrected chi connectivity index (χ2v) is 12.0. The van der Waals surface area contributed by atoms with E-state index in [0.29, 0.717) is 5.75 Å². The molecule has 0 saturated carbocycles. The van der Waals surface area contributed by atoms with Crippen LogP contribution in [0.3, 0.4) is 0 Å². The minimum absolute atomic E-state index is 0.709. The van der Waals surface area contributed by atoms with Crippen molar-refractivity contribution in [3.05, 3.63) is 158 Å². The zero-order valence-corrected chi connectivity index (χ0v) is 26.1. The molecular weight excluding hydrogens is 605 g/mol. The van der Waals surface area contributed by atoms with E-state index in [0.717, 1.165) is 83.2 Å². The van der Waals surface area contributed by atoms with Crippen molar-refractivity contribution in [2.45, 2.75) is 0 Å². The van der Waals surface area contributed by atoms with Gasteiger partial charge in [0, 0.05) is 45.6 Å². The summed E-state index contributed by atoms with van der Waals surface area (Å²) in [6, 6.07) is 47.6. The first-order chi connectivity index (χ1) is 24.3. The fourth-order valence-corrected chi connectivity index (χ4v) is 7.09. The summed E-state index contributed by atoms with van der Waals surface area (Å²) in [5.41, 5.74) is 7.06. The highest BCUT2D eigenvalue weighted by Crippen LogP contribution is 2.39. The minimum Gasteiger partial charge on any atom is -0.457 e. The summed E-state index contributed by atoms with van der Waals surface area (Å²) in [6.07, 6.45) is 5.51. The Bertz CT molecular complexity index is 2860. The van der Waals surface area contributed by atoms with Crippen LogP contribution in [0.2, 0.25) is 0 Å². The molecule has 0 N–H and O–H groups in total. The first kappa shape index (κ1) is 27.3. The highest BCUT2D eigenvalue weighted by molar-refractivity contribution is 6.13. The molecule has 5 heterocycles. The third-order valence-corrected chi connectivity index (χ3v) is 9.24. The lowest BCUT2D eigenvalue weighted by Crippen LogP contribution is -1.97. The third kappa shape index (κ3) is 4.29. The predicted molar refractivity (Wildman–Crippen MR) is 195 cm³/mol. The molecule has 0 fully saturated rings. The molecule has 5 aromatic heterocycles. The molecule has 0 aliphatic rings. The molecule has 0 aliphatic heterocycles. The number of pyridine rings is 3. The molecule has 7 nitrogen and oxygen atoms in total. The molecular formula is C42H26N6O. The van der Waals surface area contributed by atoms with Crippen molar-refractivity contribution in [1.29, 1.82) is 0 Å². The van der Waals surface area contributed by atoms with Crippen LogP contribution in [0.4, 0.5) is 0 Å². The maximum absolute atomic E-state index is 6.60. The van der Waals surface area contributed by atoms with Crippen molar-refractivity contribution in [3.63, 3.8) is 0 Å². The highest BCUT2D eigenvalue weighted by atomic mass is 16.5. The van der Waals surface area contributed by atoms with Crippen LogP contribution in [0.25, 0.3) is 77.5 Å². The lowest BCUT2D eigenvalue weighted by Gasteiger charge is -2.13. The van der Waals surface area contributed by atoms with E-state index in [1.165, 1.54) is 0 Å². The highest BCUT2D eigenvalue weighted by Gasteiger charge is 2.19. The van der Waals surface area contributed by atoms with E-state index in [-0.39, 0.29) is 0 Å². The number of para-hydroxylation sites is 1. The Kier molecular flexibility index (Phi) is 6.04. The van der Waals surface area contributed by atoms with Crippen molar-refractivity contribution in [3.8, 4) is 39.8 Å². The summed E-state index contributed by atoms with van der Waals surface area (Å²) in [5.74, 6) is 3.04. The lowest BCUT2D eigenvalue weighted by molar-refractivity contribution is 0.484. The number of hydrogen-bond acceptors (Lipinski definition) is 5. The van der Waals surface area contributed by atoms with E-state index < -0.39 is 0 Å². The van der Waals surface area contributed by atoms with E-state index in [1.54, 1.807) is 6.20 Å². The summed E-state index contributed by atoms with van der Waals surface area (Å²) in [6.45, 7) is 0. The largest absolute Gasteiger partial charge is 0.457 e. The number of aromatic nitrogens is 6. The van der Waals surface area contributed by atoms with E-state index >= 15 is 0 Å². The zero-order valence-electron chi connectivity index (χ0n) is 26.1. The molecule has 49 heavy (non-hydrogen) atoms. The molecule has 10 rings (SSSR count). The van der Waals surface area contributed by atoms with E-state index in [2.05, 4.69) is 116 Å². The van der Waals surface area contributed by atoms with Gasteiger partial charge in [0.2, 0.25) is 0 Å². The van der Waals surface area contributed by atoms with Gasteiger partial charge in [-0.1, -0.05) is 78.9 Å². The van der Waals surface area contributed by atoms with Crippen LogP contribution >= 0.6 is 0 Å². The van der Waals surface area contributed by atoms with Crippen LogP contribution in [-0.4, -0.2) is 29.1 Å². The van der Waals surface area contributed by atoms with Crippen molar-refractivity contribution in [2.75, 3.05) is 0 Å². The summed E-state index contributed by atoms with van der Waals surface area (Å²) in [7, 11) is 0.